The minimum absolute atomic E-state index is 0.0104. The van der Waals surface area contributed by atoms with Crippen molar-refractivity contribution >= 4 is 29.2 Å². The molecule has 0 saturated heterocycles. The molecule has 1 rings (SSSR count). The third-order valence-electron chi connectivity index (χ3n) is 2.59. The number of carbonyl (C=O) groups excluding carboxylic acids is 1. The maximum absolute atomic E-state index is 11.8. The smallest absolute Gasteiger partial charge is 0.331 e. The molecule has 1 aromatic rings. The maximum Gasteiger partial charge on any atom is 0.331 e. The summed E-state index contributed by atoms with van der Waals surface area (Å²) in [6, 6.07) is 5.22. The highest BCUT2D eigenvalue weighted by atomic mass is 35.5. The van der Waals surface area contributed by atoms with Crippen molar-refractivity contribution in [1.29, 1.82) is 0 Å². The van der Waals surface area contributed by atoms with Gasteiger partial charge in [-0.05, 0) is 38.5 Å². The van der Waals surface area contributed by atoms with Gasteiger partial charge in [-0.15, -0.1) is 0 Å². The van der Waals surface area contributed by atoms with E-state index < -0.39 is 11.9 Å². The Morgan fingerprint density at radius 2 is 1.83 bits per heavy atom. The van der Waals surface area contributed by atoms with Crippen LogP contribution in [0.3, 0.4) is 0 Å². The summed E-state index contributed by atoms with van der Waals surface area (Å²) < 4.78 is 0. The molecule has 0 bridgehead atoms. The standard InChI is InChI=1S/C13H14ClNO3/c1-7-4-5-10(14)11(6-7)15-12(16)8(2)9(3)13(17)18/h4-6H,1-3H3,(H,15,16)(H,17,18)/b9-8+. The SMILES string of the molecule is C/C(C(=O)O)=C(/C)C(=O)Nc1cc(C)ccc1Cl. The van der Waals surface area contributed by atoms with Crippen LogP contribution in [0.25, 0.3) is 0 Å². The number of nitrogens with one attached hydrogen (secondary N) is 1. The highest BCUT2D eigenvalue weighted by Crippen LogP contribution is 2.23. The van der Waals surface area contributed by atoms with Gasteiger partial charge in [0.15, 0.2) is 0 Å². The first kappa shape index (κ1) is 14.3. The molecule has 5 heteroatoms. The van der Waals surface area contributed by atoms with Gasteiger partial charge in [-0.2, -0.15) is 0 Å². The zero-order valence-corrected chi connectivity index (χ0v) is 11.1. The second kappa shape index (κ2) is 5.69. The van der Waals surface area contributed by atoms with E-state index in [4.69, 9.17) is 16.7 Å². The molecule has 0 radical (unpaired) electrons. The number of rotatable bonds is 3. The molecular weight excluding hydrogens is 254 g/mol. The number of amides is 1. The van der Waals surface area contributed by atoms with Gasteiger partial charge in [0.2, 0.25) is 0 Å². The van der Waals surface area contributed by atoms with Crippen LogP contribution < -0.4 is 5.32 Å². The van der Waals surface area contributed by atoms with Crippen molar-refractivity contribution in [3.63, 3.8) is 0 Å². The van der Waals surface area contributed by atoms with Crippen LogP contribution >= 0.6 is 11.6 Å². The van der Waals surface area contributed by atoms with Crippen LogP contribution in [0.5, 0.6) is 0 Å². The Balaban J connectivity index is 2.98. The Bertz CT molecular complexity index is 535. The highest BCUT2D eigenvalue weighted by Gasteiger charge is 2.13. The summed E-state index contributed by atoms with van der Waals surface area (Å²) in [6.45, 7) is 4.72. The highest BCUT2D eigenvalue weighted by molar-refractivity contribution is 6.34. The second-order valence-corrected chi connectivity index (χ2v) is 4.40. The monoisotopic (exact) mass is 267 g/mol. The molecule has 4 nitrogen and oxygen atoms in total. The number of aliphatic carboxylic acids is 1. The summed E-state index contributed by atoms with van der Waals surface area (Å²) in [5, 5.41) is 11.8. The average Bonchev–Trinajstić information content (AvgIpc) is 2.31. The van der Waals surface area contributed by atoms with E-state index in [0.717, 1.165) is 5.56 Å². The lowest BCUT2D eigenvalue weighted by molar-refractivity contribution is -0.133. The van der Waals surface area contributed by atoms with Crippen LogP contribution in [0, 0.1) is 6.92 Å². The van der Waals surface area contributed by atoms with Gasteiger partial charge in [0, 0.05) is 11.1 Å². The molecule has 1 aromatic carbocycles. The van der Waals surface area contributed by atoms with Crippen LogP contribution in [-0.2, 0) is 9.59 Å². The van der Waals surface area contributed by atoms with Gasteiger partial charge >= 0.3 is 5.97 Å². The van der Waals surface area contributed by atoms with Crippen molar-refractivity contribution in [3.8, 4) is 0 Å². The molecule has 0 unspecified atom stereocenters. The number of hydrogen-bond acceptors (Lipinski definition) is 2. The molecule has 0 aliphatic rings. The maximum atomic E-state index is 11.8. The summed E-state index contributed by atoms with van der Waals surface area (Å²) in [4.78, 5) is 22.6. The van der Waals surface area contributed by atoms with E-state index in [1.807, 2.05) is 13.0 Å². The van der Waals surface area contributed by atoms with Gasteiger partial charge in [0.25, 0.3) is 5.91 Å². The van der Waals surface area contributed by atoms with Gasteiger partial charge in [0.05, 0.1) is 10.7 Å². The fourth-order valence-electron chi connectivity index (χ4n) is 1.28. The molecule has 0 aliphatic carbocycles. The minimum atomic E-state index is -1.11. The first-order chi connectivity index (χ1) is 8.32. The third-order valence-corrected chi connectivity index (χ3v) is 2.92. The Morgan fingerprint density at radius 3 is 2.39 bits per heavy atom. The Kier molecular flexibility index (Phi) is 4.50. The Labute approximate surface area is 110 Å². The topological polar surface area (TPSA) is 66.4 Å². The largest absolute Gasteiger partial charge is 0.478 e. The van der Waals surface area contributed by atoms with E-state index in [0.29, 0.717) is 10.7 Å². The van der Waals surface area contributed by atoms with Gasteiger partial charge in [0.1, 0.15) is 0 Å². The van der Waals surface area contributed by atoms with Gasteiger partial charge in [-0.1, -0.05) is 17.7 Å². The lowest BCUT2D eigenvalue weighted by Crippen LogP contribution is -2.16. The molecule has 18 heavy (non-hydrogen) atoms. The van der Waals surface area contributed by atoms with Gasteiger partial charge < -0.3 is 10.4 Å². The van der Waals surface area contributed by atoms with Crippen LogP contribution in [0.4, 0.5) is 5.69 Å². The van der Waals surface area contributed by atoms with Crippen molar-refractivity contribution in [1.82, 2.24) is 0 Å². The third kappa shape index (κ3) is 3.34. The lowest BCUT2D eigenvalue weighted by atomic mass is 10.1. The van der Waals surface area contributed by atoms with Crippen LogP contribution in [0.2, 0.25) is 5.02 Å². The number of carboxylic acids is 1. The molecule has 0 heterocycles. The van der Waals surface area contributed by atoms with E-state index in [1.165, 1.54) is 13.8 Å². The molecule has 1 amide bonds. The number of hydrogen-bond donors (Lipinski definition) is 2. The average molecular weight is 268 g/mol. The molecule has 0 spiro atoms. The van der Waals surface area contributed by atoms with Gasteiger partial charge in [-0.25, -0.2) is 4.79 Å². The van der Waals surface area contributed by atoms with Gasteiger partial charge in [-0.3, -0.25) is 4.79 Å². The van der Waals surface area contributed by atoms with E-state index in [9.17, 15) is 9.59 Å². The predicted molar refractivity (Wildman–Crippen MR) is 70.8 cm³/mol. The molecule has 0 aliphatic heterocycles. The summed E-state index contributed by atoms with van der Waals surface area (Å²) in [7, 11) is 0. The van der Waals surface area contributed by atoms with Crippen LogP contribution in [0.1, 0.15) is 19.4 Å². The number of anilines is 1. The zero-order valence-electron chi connectivity index (χ0n) is 10.4. The van der Waals surface area contributed by atoms with E-state index >= 15 is 0 Å². The zero-order chi connectivity index (χ0) is 13.9. The van der Waals surface area contributed by atoms with Crippen molar-refractivity contribution in [3.05, 3.63) is 39.9 Å². The first-order valence-corrected chi connectivity index (χ1v) is 5.69. The second-order valence-electron chi connectivity index (χ2n) is 3.99. The Hall–Kier alpha value is -1.81. The van der Waals surface area contributed by atoms with Crippen molar-refractivity contribution < 1.29 is 14.7 Å². The summed E-state index contributed by atoms with van der Waals surface area (Å²) in [5.41, 5.74) is 1.59. The van der Waals surface area contributed by atoms with Crippen LogP contribution in [-0.4, -0.2) is 17.0 Å². The van der Waals surface area contributed by atoms with Crippen LogP contribution in [0.15, 0.2) is 29.3 Å². The molecule has 2 N–H and O–H groups in total. The number of carbonyl (C=O) groups is 2. The Morgan fingerprint density at radius 1 is 1.22 bits per heavy atom. The van der Waals surface area contributed by atoms with Crippen molar-refractivity contribution in [2.75, 3.05) is 5.32 Å². The number of benzene rings is 1. The van der Waals surface area contributed by atoms with Crippen molar-refractivity contribution in [2.45, 2.75) is 20.8 Å². The molecule has 0 aromatic heterocycles. The number of carboxylic acid groups (broad SMARTS) is 1. The fraction of sp³-hybridized carbons (Fsp3) is 0.231. The summed E-state index contributed by atoms with van der Waals surface area (Å²) in [6.07, 6.45) is 0. The molecular formula is C13H14ClNO3. The molecule has 0 saturated carbocycles. The quantitative estimate of drug-likeness (QED) is 0.828. The number of halogens is 1. The molecule has 0 fully saturated rings. The first-order valence-electron chi connectivity index (χ1n) is 5.31. The normalized spacial score (nSPS) is 11.8. The number of aryl methyl sites for hydroxylation is 1. The summed E-state index contributed by atoms with van der Waals surface area (Å²) in [5.74, 6) is -1.58. The van der Waals surface area contributed by atoms with E-state index in [-0.39, 0.29) is 11.1 Å². The minimum Gasteiger partial charge on any atom is -0.478 e. The molecule has 0 atom stereocenters. The lowest BCUT2D eigenvalue weighted by Gasteiger charge is -2.09. The van der Waals surface area contributed by atoms with Crippen molar-refractivity contribution in [2.24, 2.45) is 0 Å². The summed E-state index contributed by atoms with van der Waals surface area (Å²) >= 11 is 5.94. The predicted octanol–water partition coefficient (Wildman–Crippen LogP) is 3.01. The molecule has 96 valence electrons. The van der Waals surface area contributed by atoms with E-state index in [2.05, 4.69) is 5.32 Å². The fourth-order valence-corrected chi connectivity index (χ4v) is 1.45. The van der Waals surface area contributed by atoms with E-state index in [1.54, 1.807) is 12.1 Å².